The second-order valence-electron chi connectivity index (χ2n) is 4.82. The predicted octanol–water partition coefficient (Wildman–Crippen LogP) is 2.57. The highest BCUT2D eigenvalue weighted by molar-refractivity contribution is 6.00. The van der Waals surface area contributed by atoms with Crippen molar-refractivity contribution in [2.75, 3.05) is 0 Å². The molecule has 2 aromatic carbocycles. The number of nitro groups is 1. The van der Waals surface area contributed by atoms with E-state index in [2.05, 4.69) is 0 Å². The molecular formula is C17H13N3O4. The van der Waals surface area contributed by atoms with Crippen molar-refractivity contribution in [2.45, 2.75) is 6.61 Å². The van der Waals surface area contributed by atoms with E-state index in [4.69, 9.17) is 15.7 Å². The molecule has 0 fully saturated rings. The normalized spacial score (nSPS) is 10.7. The maximum atomic E-state index is 11.0. The molecule has 0 heterocycles. The quantitative estimate of drug-likeness (QED) is 0.379. The summed E-state index contributed by atoms with van der Waals surface area (Å²) in [6.45, 7) is 0.182. The number of nitrogens with two attached hydrogens (primary N) is 1. The number of carbonyl (C=O) groups excluding carboxylic acids is 1. The number of rotatable bonds is 6. The molecule has 2 aromatic rings. The molecule has 0 radical (unpaired) electrons. The molecule has 0 aromatic heterocycles. The van der Waals surface area contributed by atoms with Crippen molar-refractivity contribution in [3.8, 4) is 11.8 Å². The van der Waals surface area contributed by atoms with Crippen molar-refractivity contribution in [1.82, 2.24) is 0 Å². The number of hydrogen-bond acceptors (Lipinski definition) is 5. The van der Waals surface area contributed by atoms with Crippen LogP contribution in [0.5, 0.6) is 5.75 Å². The van der Waals surface area contributed by atoms with E-state index in [1.807, 2.05) is 0 Å². The number of carbonyl (C=O) groups is 1. The average Bonchev–Trinajstić information content (AvgIpc) is 2.58. The van der Waals surface area contributed by atoms with Crippen LogP contribution in [0, 0.1) is 21.4 Å². The molecule has 2 rings (SSSR count). The third-order valence-electron chi connectivity index (χ3n) is 3.10. The number of hydrogen-bond donors (Lipinski definition) is 1. The van der Waals surface area contributed by atoms with Crippen LogP contribution >= 0.6 is 0 Å². The number of nitro benzene ring substituents is 1. The smallest absolute Gasteiger partial charge is 0.269 e. The highest BCUT2D eigenvalue weighted by atomic mass is 16.6. The summed E-state index contributed by atoms with van der Waals surface area (Å²) >= 11 is 0. The highest BCUT2D eigenvalue weighted by Gasteiger charge is 2.06. The van der Waals surface area contributed by atoms with Crippen LogP contribution in [0.25, 0.3) is 6.08 Å². The Balaban J connectivity index is 2.05. The van der Waals surface area contributed by atoms with Gasteiger partial charge in [-0.1, -0.05) is 24.3 Å². The van der Waals surface area contributed by atoms with Crippen LogP contribution in [-0.2, 0) is 11.4 Å². The lowest BCUT2D eigenvalue weighted by molar-refractivity contribution is -0.384. The van der Waals surface area contributed by atoms with E-state index in [-0.39, 0.29) is 17.9 Å². The molecule has 0 saturated heterocycles. The number of non-ortho nitro benzene ring substituents is 1. The lowest BCUT2D eigenvalue weighted by Gasteiger charge is -2.06. The van der Waals surface area contributed by atoms with Crippen molar-refractivity contribution >= 4 is 17.7 Å². The molecule has 0 bridgehead atoms. The van der Waals surface area contributed by atoms with Gasteiger partial charge in [-0.2, -0.15) is 5.26 Å². The van der Waals surface area contributed by atoms with Crippen LogP contribution in [0.15, 0.2) is 54.1 Å². The van der Waals surface area contributed by atoms with E-state index >= 15 is 0 Å². The fourth-order valence-corrected chi connectivity index (χ4v) is 1.91. The minimum atomic E-state index is -0.788. The number of primary amides is 1. The summed E-state index contributed by atoms with van der Waals surface area (Å²) in [5.41, 5.74) is 6.24. The second kappa shape index (κ2) is 7.56. The lowest BCUT2D eigenvalue weighted by Crippen LogP contribution is -2.12. The van der Waals surface area contributed by atoms with Crippen molar-refractivity contribution in [3.05, 3.63) is 75.3 Å². The minimum Gasteiger partial charge on any atom is -0.489 e. The van der Waals surface area contributed by atoms with Gasteiger partial charge in [-0.15, -0.1) is 0 Å². The molecule has 24 heavy (non-hydrogen) atoms. The van der Waals surface area contributed by atoms with E-state index in [0.717, 1.165) is 0 Å². The number of nitriles is 1. The molecular weight excluding hydrogens is 310 g/mol. The topological polar surface area (TPSA) is 119 Å². The van der Waals surface area contributed by atoms with Gasteiger partial charge in [-0.3, -0.25) is 14.9 Å². The van der Waals surface area contributed by atoms with Gasteiger partial charge in [0.2, 0.25) is 0 Å². The zero-order valence-electron chi connectivity index (χ0n) is 12.5. The highest BCUT2D eigenvalue weighted by Crippen LogP contribution is 2.18. The third-order valence-corrected chi connectivity index (χ3v) is 3.10. The molecule has 1 amide bonds. The van der Waals surface area contributed by atoms with Crippen molar-refractivity contribution < 1.29 is 14.5 Å². The molecule has 2 N–H and O–H groups in total. The summed E-state index contributed by atoms with van der Waals surface area (Å²) in [5.74, 6) is -0.236. The Labute approximate surface area is 137 Å². The fourth-order valence-electron chi connectivity index (χ4n) is 1.91. The predicted molar refractivity (Wildman–Crippen MR) is 86.7 cm³/mol. The van der Waals surface area contributed by atoms with Crippen LogP contribution in [0.2, 0.25) is 0 Å². The molecule has 0 aliphatic carbocycles. The molecule has 7 nitrogen and oxygen atoms in total. The number of benzene rings is 2. The Hall–Kier alpha value is -3.66. The maximum Gasteiger partial charge on any atom is 0.269 e. The maximum absolute atomic E-state index is 11.0. The molecule has 7 heteroatoms. The van der Waals surface area contributed by atoms with Gasteiger partial charge in [0.15, 0.2) is 0 Å². The summed E-state index contributed by atoms with van der Waals surface area (Å²) in [4.78, 5) is 21.3. The van der Waals surface area contributed by atoms with Crippen LogP contribution in [0.4, 0.5) is 5.69 Å². The zero-order valence-corrected chi connectivity index (χ0v) is 12.5. The van der Waals surface area contributed by atoms with Crippen LogP contribution < -0.4 is 10.5 Å². The first-order valence-corrected chi connectivity index (χ1v) is 6.87. The SMILES string of the molecule is N#C/C(=C\c1ccc(OCc2cccc([N+](=O)[O-])c2)cc1)C(N)=O. The molecule has 0 atom stereocenters. The van der Waals surface area contributed by atoms with E-state index in [9.17, 15) is 14.9 Å². The molecule has 0 saturated carbocycles. The van der Waals surface area contributed by atoms with E-state index in [1.165, 1.54) is 18.2 Å². The molecule has 0 aliphatic rings. The summed E-state index contributed by atoms with van der Waals surface area (Å²) in [6.07, 6.45) is 1.38. The summed E-state index contributed by atoms with van der Waals surface area (Å²) < 4.78 is 5.56. The summed E-state index contributed by atoms with van der Waals surface area (Å²) in [5, 5.41) is 19.5. The number of nitrogens with zero attached hydrogens (tertiary/aromatic N) is 2. The van der Waals surface area contributed by atoms with Crippen molar-refractivity contribution in [3.63, 3.8) is 0 Å². The van der Waals surface area contributed by atoms with E-state index in [1.54, 1.807) is 42.5 Å². The fraction of sp³-hybridized carbons (Fsp3) is 0.0588. The molecule has 120 valence electrons. The minimum absolute atomic E-state index is 0.00655. The van der Waals surface area contributed by atoms with Gasteiger partial charge in [0.1, 0.15) is 24.0 Å². The zero-order chi connectivity index (χ0) is 17.5. The summed E-state index contributed by atoms with van der Waals surface area (Å²) in [6, 6.07) is 14.6. The first kappa shape index (κ1) is 16.7. The van der Waals surface area contributed by atoms with Gasteiger partial charge >= 0.3 is 0 Å². The van der Waals surface area contributed by atoms with Gasteiger partial charge in [-0.25, -0.2) is 0 Å². The molecule has 0 aliphatic heterocycles. The van der Waals surface area contributed by atoms with Crippen LogP contribution in [0.1, 0.15) is 11.1 Å². The van der Waals surface area contributed by atoms with Gasteiger partial charge in [0.05, 0.1) is 4.92 Å². The second-order valence-corrected chi connectivity index (χ2v) is 4.82. The monoisotopic (exact) mass is 323 g/mol. The van der Waals surface area contributed by atoms with E-state index in [0.29, 0.717) is 16.9 Å². The van der Waals surface area contributed by atoms with Gasteiger partial charge in [0.25, 0.3) is 11.6 Å². The molecule has 0 spiro atoms. The first-order valence-electron chi connectivity index (χ1n) is 6.87. The van der Waals surface area contributed by atoms with Gasteiger partial charge in [-0.05, 0) is 29.3 Å². The lowest BCUT2D eigenvalue weighted by atomic mass is 10.1. The standard InChI is InChI=1S/C17H13N3O4/c18-10-14(17(19)21)8-12-4-6-16(7-5-12)24-11-13-2-1-3-15(9-13)20(22)23/h1-9H,11H2,(H2,19,21)/b14-8+. The van der Waals surface area contributed by atoms with Crippen molar-refractivity contribution in [1.29, 1.82) is 5.26 Å². The van der Waals surface area contributed by atoms with Gasteiger partial charge in [0, 0.05) is 12.1 Å². The van der Waals surface area contributed by atoms with Crippen molar-refractivity contribution in [2.24, 2.45) is 5.73 Å². The Kier molecular flexibility index (Phi) is 5.26. The Bertz CT molecular complexity index is 836. The number of ether oxygens (including phenoxy) is 1. The Morgan fingerprint density at radius 3 is 2.58 bits per heavy atom. The molecule has 0 unspecified atom stereocenters. The van der Waals surface area contributed by atoms with Crippen LogP contribution in [-0.4, -0.2) is 10.8 Å². The van der Waals surface area contributed by atoms with Gasteiger partial charge < -0.3 is 10.5 Å². The number of amides is 1. The largest absolute Gasteiger partial charge is 0.489 e. The third kappa shape index (κ3) is 4.42. The first-order chi connectivity index (χ1) is 11.5. The average molecular weight is 323 g/mol. The van der Waals surface area contributed by atoms with Crippen LogP contribution in [0.3, 0.4) is 0 Å². The Morgan fingerprint density at radius 1 is 1.29 bits per heavy atom. The summed E-state index contributed by atoms with van der Waals surface area (Å²) in [7, 11) is 0. The Morgan fingerprint density at radius 2 is 2.00 bits per heavy atom. The van der Waals surface area contributed by atoms with E-state index < -0.39 is 10.8 Å².